The summed E-state index contributed by atoms with van der Waals surface area (Å²) in [6.45, 7) is 0.529. The fourth-order valence-corrected chi connectivity index (χ4v) is 3.63. The van der Waals surface area contributed by atoms with Crippen LogP contribution in [0.2, 0.25) is 0 Å². The lowest BCUT2D eigenvalue weighted by Gasteiger charge is -2.29. The lowest BCUT2D eigenvalue weighted by molar-refractivity contribution is -0.121. The third kappa shape index (κ3) is 5.40. The van der Waals surface area contributed by atoms with E-state index in [-0.39, 0.29) is 25.0 Å². The third-order valence-electron chi connectivity index (χ3n) is 5.45. The maximum absolute atomic E-state index is 12.8. The van der Waals surface area contributed by atoms with Crippen molar-refractivity contribution in [3.8, 4) is 28.7 Å². The van der Waals surface area contributed by atoms with Crippen molar-refractivity contribution in [1.82, 2.24) is 0 Å². The molecule has 9 heteroatoms. The second-order valence-electron chi connectivity index (χ2n) is 7.56. The highest BCUT2D eigenvalue weighted by molar-refractivity contribution is 6.05. The number of rotatable bonds is 9. The molecule has 0 saturated heterocycles. The van der Waals surface area contributed by atoms with Gasteiger partial charge in [0.1, 0.15) is 23.9 Å². The zero-order valence-corrected chi connectivity index (χ0v) is 19.7. The summed E-state index contributed by atoms with van der Waals surface area (Å²) in [6.07, 6.45) is 0. The number of ether oxygens (including phenoxy) is 5. The number of anilines is 2. The fourth-order valence-electron chi connectivity index (χ4n) is 3.63. The van der Waals surface area contributed by atoms with Crippen LogP contribution >= 0.6 is 0 Å². The number of benzene rings is 3. The molecule has 182 valence electrons. The van der Waals surface area contributed by atoms with Gasteiger partial charge in [-0.3, -0.25) is 9.59 Å². The van der Waals surface area contributed by atoms with Gasteiger partial charge in [-0.2, -0.15) is 0 Å². The van der Waals surface area contributed by atoms with E-state index >= 15 is 0 Å². The average Bonchev–Trinajstić information content (AvgIpc) is 2.89. The maximum atomic E-state index is 12.8. The molecule has 0 radical (unpaired) electrons. The lowest BCUT2D eigenvalue weighted by Crippen LogP contribution is -2.41. The summed E-state index contributed by atoms with van der Waals surface area (Å²) in [6, 6.07) is 17.3. The van der Waals surface area contributed by atoms with Crippen LogP contribution in [0.5, 0.6) is 28.7 Å². The molecular weight excluding hydrogens is 452 g/mol. The minimum absolute atomic E-state index is 0.0626. The molecule has 0 unspecified atom stereocenters. The number of nitrogens with one attached hydrogen (secondary N) is 1. The Morgan fingerprint density at radius 3 is 2.37 bits per heavy atom. The zero-order chi connectivity index (χ0) is 24.8. The first kappa shape index (κ1) is 23.7. The monoisotopic (exact) mass is 478 g/mol. The van der Waals surface area contributed by atoms with Crippen molar-refractivity contribution in [3.05, 3.63) is 66.2 Å². The van der Waals surface area contributed by atoms with E-state index in [0.29, 0.717) is 46.5 Å². The van der Waals surface area contributed by atoms with E-state index in [0.717, 1.165) is 5.75 Å². The second-order valence-corrected chi connectivity index (χ2v) is 7.56. The molecule has 0 fully saturated rings. The summed E-state index contributed by atoms with van der Waals surface area (Å²) in [4.78, 5) is 27.0. The van der Waals surface area contributed by atoms with Crippen LogP contribution in [-0.2, 0) is 4.79 Å². The molecule has 0 saturated carbocycles. The minimum Gasteiger partial charge on any atom is -0.497 e. The van der Waals surface area contributed by atoms with Gasteiger partial charge in [0.05, 0.1) is 33.6 Å². The normalized spacial score (nSPS) is 12.3. The molecule has 0 bridgehead atoms. The van der Waals surface area contributed by atoms with E-state index in [2.05, 4.69) is 5.32 Å². The van der Waals surface area contributed by atoms with E-state index < -0.39 is 0 Å². The minimum atomic E-state index is -0.330. The largest absolute Gasteiger partial charge is 0.497 e. The Labute approximate surface area is 203 Å². The number of carbonyl (C=O) groups is 2. The first-order valence-electron chi connectivity index (χ1n) is 10.9. The Hall–Kier alpha value is -4.40. The number of nitrogens with zero attached hydrogens (tertiary/aromatic N) is 1. The molecular formula is C26H26N2O7. The van der Waals surface area contributed by atoms with Crippen molar-refractivity contribution in [3.63, 3.8) is 0 Å². The second kappa shape index (κ2) is 10.7. The van der Waals surface area contributed by atoms with E-state index in [4.69, 9.17) is 23.7 Å². The molecule has 1 aliphatic heterocycles. The van der Waals surface area contributed by atoms with Crippen LogP contribution in [0.15, 0.2) is 60.7 Å². The fraction of sp³-hybridized carbons (Fsp3) is 0.231. The van der Waals surface area contributed by atoms with E-state index in [1.54, 1.807) is 72.7 Å². The highest BCUT2D eigenvalue weighted by atomic mass is 16.5. The van der Waals surface area contributed by atoms with Gasteiger partial charge in [0.15, 0.2) is 18.1 Å². The SMILES string of the molecule is COc1ccc(OCCN2C(=O)COc3ccc(NC(=O)c4ccc(OC)c(OC)c4)cc32)cc1. The first-order valence-corrected chi connectivity index (χ1v) is 10.9. The van der Waals surface area contributed by atoms with Gasteiger partial charge in [-0.25, -0.2) is 0 Å². The quantitative estimate of drug-likeness (QED) is 0.500. The molecule has 0 aliphatic carbocycles. The molecule has 3 aromatic carbocycles. The molecule has 3 aromatic rings. The molecule has 1 N–H and O–H groups in total. The molecule has 0 atom stereocenters. The lowest BCUT2D eigenvalue weighted by atomic mass is 10.1. The summed E-state index contributed by atoms with van der Waals surface area (Å²) in [5, 5.41) is 2.85. The molecule has 0 aromatic heterocycles. The van der Waals surface area contributed by atoms with Crippen LogP contribution in [0, 0.1) is 0 Å². The van der Waals surface area contributed by atoms with E-state index in [1.807, 2.05) is 0 Å². The Bertz CT molecular complexity index is 1210. The zero-order valence-electron chi connectivity index (χ0n) is 19.7. The number of hydrogen-bond donors (Lipinski definition) is 1. The van der Waals surface area contributed by atoms with Crippen molar-refractivity contribution >= 4 is 23.2 Å². The van der Waals surface area contributed by atoms with Crippen LogP contribution in [0.3, 0.4) is 0 Å². The first-order chi connectivity index (χ1) is 17.0. The van der Waals surface area contributed by atoms with E-state index in [1.165, 1.54) is 14.2 Å². The third-order valence-corrected chi connectivity index (χ3v) is 5.45. The van der Waals surface area contributed by atoms with Crippen molar-refractivity contribution in [2.45, 2.75) is 0 Å². The van der Waals surface area contributed by atoms with Crippen LogP contribution < -0.4 is 33.9 Å². The average molecular weight is 479 g/mol. The summed E-state index contributed by atoms with van der Waals surface area (Å²) in [5.41, 5.74) is 1.48. The summed E-state index contributed by atoms with van der Waals surface area (Å²) < 4.78 is 27.0. The van der Waals surface area contributed by atoms with Crippen molar-refractivity contribution < 1.29 is 33.3 Å². The molecule has 0 spiro atoms. The number of amides is 2. The van der Waals surface area contributed by atoms with Crippen LogP contribution in [-0.4, -0.2) is 52.9 Å². The predicted octanol–water partition coefficient (Wildman–Crippen LogP) is 3.77. The van der Waals surface area contributed by atoms with Crippen LogP contribution in [0.4, 0.5) is 11.4 Å². The Morgan fingerprint density at radius 1 is 0.914 bits per heavy atom. The molecule has 1 aliphatic rings. The number of fused-ring (bicyclic) bond motifs is 1. The highest BCUT2D eigenvalue weighted by Gasteiger charge is 2.26. The Balaban J connectivity index is 1.46. The van der Waals surface area contributed by atoms with E-state index in [9.17, 15) is 9.59 Å². The highest BCUT2D eigenvalue weighted by Crippen LogP contribution is 2.35. The maximum Gasteiger partial charge on any atom is 0.265 e. The molecule has 4 rings (SSSR count). The Morgan fingerprint density at radius 2 is 1.66 bits per heavy atom. The van der Waals surface area contributed by atoms with Crippen molar-refractivity contribution in [2.24, 2.45) is 0 Å². The molecule has 1 heterocycles. The van der Waals surface area contributed by atoms with Gasteiger partial charge in [-0.05, 0) is 60.7 Å². The smallest absolute Gasteiger partial charge is 0.265 e. The van der Waals surface area contributed by atoms with Crippen LogP contribution in [0.25, 0.3) is 0 Å². The predicted molar refractivity (Wildman–Crippen MR) is 130 cm³/mol. The van der Waals surface area contributed by atoms with Crippen LogP contribution in [0.1, 0.15) is 10.4 Å². The summed E-state index contributed by atoms with van der Waals surface area (Å²) in [7, 11) is 4.64. The van der Waals surface area contributed by atoms with Gasteiger partial charge in [-0.1, -0.05) is 0 Å². The number of methoxy groups -OCH3 is 3. The topological polar surface area (TPSA) is 95.6 Å². The van der Waals surface area contributed by atoms with Gasteiger partial charge >= 0.3 is 0 Å². The van der Waals surface area contributed by atoms with Gasteiger partial charge in [0.25, 0.3) is 11.8 Å². The Kier molecular flexibility index (Phi) is 7.25. The summed E-state index contributed by atoms with van der Waals surface area (Å²) in [5.74, 6) is 2.41. The molecule has 2 amide bonds. The molecule has 9 nitrogen and oxygen atoms in total. The standard InChI is InChI=1S/C26H26N2O7/c1-31-19-6-8-20(9-7-19)34-13-12-28-21-15-18(5-11-22(21)35-16-25(28)29)27-26(30)17-4-10-23(32-2)24(14-17)33-3/h4-11,14-15H,12-13,16H2,1-3H3,(H,27,30). The van der Waals surface area contributed by atoms with Gasteiger partial charge in [0.2, 0.25) is 0 Å². The van der Waals surface area contributed by atoms with Crippen molar-refractivity contribution in [1.29, 1.82) is 0 Å². The number of carbonyl (C=O) groups excluding carboxylic acids is 2. The van der Waals surface area contributed by atoms with Gasteiger partial charge in [-0.15, -0.1) is 0 Å². The van der Waals surface area contributed by atoms with Gasteiger partial charge < -0.3 is 33.9 Å². The summed E-state index contributed by atoms with van der Waals surface area (Å²) >= 11 is 0. The molecule has 35 heavy (non-hydrogen) atoms. The van der Waals surface area contributed by atoms with Crippen molar-refractivity contribution in [2.75, 3.05) is 51.3 Å². The van der Waals surface area contributed by atoms with Gasteiger partial charge in [0, 0.05) is 11.3 Å². The number of hydrogen-bond acceptors (Lipinski definition) is 7.